The number of carboxylic acids is 1. The highest BCUT2D eigenvalue weighted by Gasteiger charge is 2.29. The molecule has 0 saturated carbocycles. The van der Waals surface area contributed by atoms with Crippen molar-refractivity contribution in [3.63, 3.8) is 0 Å². The maximum atomic E-state index is 12.3. The van der Waals surface area contributed by atoms with Crippen LogP contribution in [-0.2, 0) is 26.2 Å². The van der Waals surface area contributed by atoms with E-state index < -0.39 is 22.6 Å². The predicted octanol–water partition coefficient (Wildman–Crippen LogP) is 0.438. The van der Waals surface area contributed by atoms with E-state index in [1.165, 1.54) is 4.31 Å². The summed E-state index contributed by atoms with van der Waals surface area (Å²) in [6.07, 6.45) is 2.46. The van der Waals surface area contributed by atoms with Crippen molar-refractivity contribution in [2.24, 2.45) is 5.92 Å². The number of hydrogen-bond donors (Lipinski definition) is 2. The van der Waals surface area contributed by atoms with Crippen molar-refractivity contribution in [3.05, 3.63) is 29.8 Å². The van der Waals surface area contributed by atoms with Gasteiger partial charge in [0.25, 0.3) is 0 Å². The quantitative estimate of drug-likeness (QED) is 0.720. The number of sulfonamides is 1. The first kappa shape index (κ1) is 19.2. The van der Waals surface area contributed by atoms with E-state index in [0.29, 0.717) is 25.1 Å². The molecule has 1 aromatic rings. The summed E-state index contributed by atoms with van der Waals surface area (Å²) in [5.41, 5.74) is 0.770. The Labute approximate surface area is 146 Å². The molecule has 138 valence electrons. The Hall–Kier alpha value is -2.13. The molecule has 1 aromatic carbocycles. The number of amides is 1. The zero-order chi connectivity index (χ0) is 18.4. The van der Waals surface area contributed by atoms with E-state index in [1.54, 1.807) is 24.3 Å². The van der Waals surface area contributed by atoms with Gasteiger partial charge in [-0.15, -0.1) is 0 Å². The number of benzene rings is 1. The van der Waals surface area contributed by atoms with E-state index >= 15 is 0 Å². The number of aliphatic carboxylic acids is 1. The Morgan fingerprint density at radius 1 is 1.40 bits per heavy atom. The minimum absolute atomic E-state index is 0.190. The van der Waals surface area contributed by atoms with Crippen LogP contribution in [0.1, 0.15) is 18.4 Å². The number of carboxylic acid groups (broad SMARTS) is 1. The summed E-state index contributed by atoms with van der Waals surface area (Å²) in [5, 5.41) is 11.4. The van der Waals surface area contributed by atoms with Crippen LogP contribution >= 0.6 is 0 Å². The van der Waals surface area contributed by atoms with Gasteiger partial charge in [-0.2, -0.15) is 0 Å². The van der Waals surface area contributed by atoms with Crippen LogP contribution in [0.2, 0.25) is 0 Å². The molecule has 1 heterocycles. The standard InChI is InChI=1S/C16H22N2O6S/c1-25(22,23)18-7-3-5-13(10-18)16(21)17-9-12-4-2-6-14(8-12)24-11-15(19)20/h2,4,6,8,13H,3,5,7,9-11H2,1H3,(H,17,21)(H,19,20)/t13-/m1/s1. The van der Waals surface area contributed by atoms with Crippen molar-refractivity contribution < 1.29 is 27.9 Å². The number of ether oxygens (including phenoxy) is 1. The fraction of sp³-hybridized carbons (Fsp3) is 0.500. The van der Waals surface area contributed by atoms with Gasteiger partial charge in [0.2, 0.25) is 15.9 Å². The molecule has 0 aliphatic carbocycles. The van der Waals surface area contributed by atoms with Crippen molar-refractivity contribution >= 4 is 21.9 Å². The summed E-state index contributed by atoms with van der Waals surface area (Å²) in [7, 11) is -3.29. The minimum atomic E-state index is -3.29. The summed E-state index contributed by atoms with van der Waals surface area (Å²) in [6.45, 7) is 0.482. The zero-order valence-corrected chi connectivity index (χ0v) is 14.8. The van der Waals surface area contributed by atoms with Crippen LogP contribution in [0.25, 0.3) is 0 Å². The lowest BCUT2D eigenvalue weighted by atomic mass is 9.99. The second kappa shape index (κ2) is 8.30. The third-order valence-corrected chi connectivity index (χ3v) is 5.22. The van der Waals surface area contributed by atoms with Gasteiger partial charge >= 0.3 is 5.97 Å². The fourth-order valence-corrected chi connectivity index (χ4v) is 3.59. The van der Waals surface area contributed by atoms with Crippen LogP contribution in [0, 0.1) is 5.92 Å². The van der Waals surface area contributed by atoms with Gasteiger partial charge in [0.05, 0.1) is 12.2 Å². The second-order valence-corrected chi connectivity index (χ2v) is 7.99. The summed E-state index contributed by atoms with van der Waals surface area (Å²) in [5.74, 6) is -1.21. The van der Waals surface area contributed by atoms with Gasteiger partial charge in [0.1, 0.15) is 5.75 Å². The molecular weight excluding hydrogens is 348 g/mol. The van der Waals surface area contributed by atoms with Gasteiger partial charge in [-0.1, -0.05) is 12.1 Å². The highest BCUT2D eigenvalue weighted by molar-refractivity contribution is 7.88. The highest BCUT2D eigenvalue weighted by Crippen LogP contribution is 2.19. The summed E-state index contributed by atoms with van der Waals surface area (Å²) in [6, 6.07) is 6.80. The maximum Gasteiger partial charge on any atom is 0.341 e. The molecule has 2 rings (SSSR count). The first-order chi connectivity index (χ1) is 11.8. The van der Waals surface area contributed by atoms with Crippen molar-refractivity contribution in [3.8, 4) is 5.75 Å². The molecule has 1 atom stereocenters. The van der Waals surface area contributed by atoms with Crippen LogP contribution in [0.3, 0.4) is 0 Å². The van der Waals surface area contributed by atoms with Gasteiger partial charge in [-0.3, -0.25) is 4.79 Å². The normalized spacial score (nSPS) is 18.5. The number of carbonyl (C=O) groups is 2. The molecule has 8 nitrogen and oxygen atoms in total. The number of nitrogens with zero attached hydrogens (tertiary/aromatic N) is 1. The van der Waals surface area contributed by atoms with Crippen LogP contribution < -0.4 is 10.1 Å². The number of carbonyl (C=O) groups excluding carboxylic acids is 1. The lowest BCUT2D eigenvalue weighted by Crippen LogP contribution is -2.44. The lowest BCUT2D eigenvalue weighted by molar-refractivity contribution is -0.139. The van der Waals surface area contributed by atoms with Crippen molar-refractivity contribution in [1.29, 1.82) is 0 Å². The van der Waals surface area contributed by atoms with Crippen LogP contribution in [0.4, 0.5) is 0 Å². The largest absolute Gasteiger partial charge is 0.482 e. The van der Waals surface area contributed by atoms with Crippen molar-refractivity contribution in [2.45, 2.75) is 19.4 Å². The number of rotatable bonds is 7. The molecule has 0 radical (unpaired) electrons. The van der Waals surface area contributed by atoms with E-state index in [2.05, 4.69) is 5.32 Å². The van der Waals surface area contributed by atoms with E-state index in [9.17, 15) is 18.0 Å². The Kier molecular flexibility index (Phi) is 6.38. The Balaban J connectivity index is 1.89. The third-order valence-electron chi connectivity index (χ3n) is 3.95. The predicted molar refractivity (Wildman–Crippen MR) is 90.6 cm³/mol. The van der Waals surface area contributed by atoms with E-state index in [1.807, 2.05) is 0 Å². The van der Waals surface area contributed by atoms with Gasteiger partial charge < -0.3 is 15.2 Å². The maximum absolute atomic E-state index is 12.3. The Morgan fingerprint density at radius 3 is 2.84 bits per heavy atom. The first-order valence-corrected chi connectivity index (χ1v) is 9.77. The van der Waals surface area contributed by atoms with E-state index in [4.69, 9.17) is 9.84 Å². The molecule has 0 aromatic heterocycles. The van der Waals surface area contributed by atoms with Crippen LogP contribution in [0.15, 0.2) is 24.3 Å². The van der Waals surface area contributed by atoms with Crippen LogP contribution in [-0.4, -0.2) is 55.7 Å². The van der Waals surface area contributed by atoms with Crippen LogP contribution in [0.5, 0.6) is 5.75 Å². The van der Waals surface area contributed by atoms with Gasteiger partial charge in [-0.05, 0) is 30.5 Å². The second-order valence-electron chi connectivity index (χ2n) is 6.01. The van der Waals surface area contributed by atoms with Gasteiger partial charge in [0, 0.05) is 19.6 Å². The molecule has 1 saturated heterocycles. The average Bonchev–Trinajstić information content (AvgIpc) is 2.57. The number of hydrogen-bond acceptors (Lipinski definition) is 5. The lowest BCUT2D eigenvalue weighted by Gasteiger charge is -2.30. The van der Waals surface area contributed by atoms with Crippen molar-refractivity contribution in [1.82, 2.24) is 9.62 Å². The highest BCUT2D eigenvalue weighted by atomic mass is 32.2. The minimum Gasteiger partial charge on any atom is -0.482 e. The molecule has 0 spiro atoms. The monoisotopic (exact) mass is 370 g/mol. The molecule has 1 fully saturated rings. The molecule has 2 N–H and O–H groups in total. The van der Waals surface area contributed by atoms with E-state index in [0.717, 1.165) is 11.8 Å². The van der Waals surface area contributed by atoms with Gasteiger partial charge in [-0.25, -0.2) is 17.5 Å². The van der Waals surface area contributed by atoms with Gasteiger partial charge in [0.15, 0.2) is 6.61 Å². The summed E-state index contributed by atoms with van der Waals surface area (Å²) >= 11 is 0. The average molecular weight is 370 g/mol. The first-order valence-electron chi connectivity index (χ1n) is 7.92. The molecule has 1 amide bonds. The number of piperidine rings is 1. The fourth-order valence-electron chi connectivity index (χ4n) is 2.68. The molecule has 0 unspecified atom stereocenters. The summed E-state index contributed by atoms with van der Waals surface area (Å²) < 4.78 is 29.7. The zero-order valence-electron chi connectivity index (χ0n) is 14.0. The number of nitrogens with one attached hydrogen (secondary N) is 1. The summed E-state index contributed by atoms with van der Waals surface area (Å²) in [4.78, 5) is 22.8. The Morgan fingerprint density at radius 2 is 2.16 bits per heavy atom. The topological polar surface area (TPSA) is 113 Å². The third kappa shape index (κ3) is 6.02. The molecular formula is C16H22N2O6S. The Bertz CT molecular complexity index is 734. The smallest absolute Gasteiger partial charge is 0.341 e. The molecule has 1 aliphatic heterocycles. The van der Waals surface area contributed by atoms with E-state index in [-0.39, 0.29) is 24.9 Å². The molecule has 0 bridgehead atoms. The van der Waals surface area contributed by atoms with Crippen molar-refractivity contribution in [2.75, 3.05) is 26.0 Å². The molecule has 9 heteroatoms. The SMILES string of the molecule is CS(=O)(=O)N1CCC[C@@H](C(=O)NCc2cccc(OCC(=O)O)c2)C1. The molecule has 25 heavy (non-hydrogen) atoms. The molecule has 1 aliphatic rings.